The van der Waals surface area contributed by atoms with E-state index in [-0.39, 0.29) is 42.9 Å². The van der Waals surface area contributed by atoms with Gasteiger partial charge >= 0.3 is 0 Å². The molecule has 8 nitrogen and oxygen atoms in total. The van der Waals surface area contributed by atoms with Gasteiger partial charge in [0.1, 0.15) is 16.4 Å². The maximum Gasteiger partial charge on any atom is 0.241 e. The molecule has 1 aromatic heterocycles. The van der Waals surface area contributed by atoms with Gasteiger partial charge in [-0.3, -0.25) is 13.9 Å². The van der Waals surface area contributed by atoms with E-state index in [1.165, 1.54) is 23.5 Å². The van der Waals surface area contributed by atoms with Crippen LogP contribution in [0.15, 0.2) is 36.5 Å². The number of anilines is 1. The molecule has 0 radical (unpaired) electrons. The number of sulfonamides is 1. The normalized spacial score (nSPS) is 20.5. The molecule has 46 heavy (non-hydrogen) atoms. The molecule has 2 aliphatic rings. The number of carbonyl (C=O) groups is 2. The summed E-state index contributed by atoms with van der Waals surface area (Å²) in [4.78, 5) is 28.7. The summed E-state index contributed by atoms with van der Waals surface area (Å²) in [5.41, 5.74) is 2.76. The first-order valence-corrected chi connectivity index (χ1v) is 17.6. The molecule has 0 unspecified atom stereocenters. The Hall–Kier alpha value is -3.31. The molecule has 250 valence electrons. The lowest BCUT2D eigenvalue weighted by molar-refractivity contribution is -0.137. The van der Waals surface area contributed by atoms with Crippen molar-refractivity contribution >= 4 is 38.3 Å². The molecule has 1 N–H and O–H groups in total. The molecule has 0 spiro atoms. The third kappa shape index (κ3) is 6.32. The highest BCUT2D eigenvalue weighted by Crippen LogP contribution is 2.41. The summed E-state index contributed by atoms with van der Waals surface area (Å²) >= 11 is 0. The maximum atomic E-state index is 14.2. The van der Waals surface area contributed by atoms with Crippen molar-refractivity contribution in [2.24, 2.45) is 17.8 Å². The standard InChI is InChI=1S/C35H45F2N3O5S/c1-7-23-18-40-20-35(4,5)46(44,45)38(6)30-15-25(14-29(23)32(30)40)31(41)16-26(11-22-12-27(36)17-28(37)13-22)33(42)24-9-8-10-39(19-24)34(43)21(2)3/h12-15,17-18,21,24,26,33,42H,7-11,16,19-20H2,1-6H3/t24-,26-,33-/m1/s1. The third-order valence-electron chi connectivity index (χ3n) is 9.78. The summed E-state index contributed by atoms with van der Waals surface area (Å²) in [6, 6.07) is 6.60. The van der Waals surface area contributed by atoms with Gasteiger partial charge in [0.25, 0.3) is 0 Å². The van der Waals surface area contributed by atoms with Crippen LogP contribution in [0.4, 0.5) is 14.5 Å². The van der Waals surface area contributed by atoms with E-state index in [0.29, 0.717) is 49.2 Å². The van der Waals surface area contributed by atoms with Gasteiger partial charge in [0.2, 0.25) is 15.9 Å². The van der Waals surface area contributed by atoms with Crippen LogP contribution in [0, 0.1) is 29.4 Å². The zero-order chi connectivity index (χ0) is 33.7. The molecule has 0 bridgehead atoms. The molecule has 3 aromatic rings. The van der Waals surface area contributed by atoms with Crippen molar-refractivity contribution in [3.63, 3.8) is 0 Å². The van der Waals surface area contributed by atoms with E-state index in [2.05, 4.69) is 0 Å². The smallest absolute Gasteiger partial charge is 0.241 e. The number of carbonyl (C=O) groups excluding carboxylic acids is 2. The number of hydrogen-bond acceptors (Lipinski definition) is 5. The van der Waals surface area contributed by atoms with Crippen LogP contribution in [-0.2, 0) is 34.2 Å². The zero-order valence-electron chi connectivity index (χ0n) is 27.5. The first-order valence-electron chi connectivity index (χ1n) is 16.1. The summed E-state index contributed by atoms with van der Waals surface area (Å²) < 4.78 is 57.8. The minimum absolute atomic E-state index is 0.00386. The molecule has 1 amide bonds. The predicted octanol–water partition coefficient (Wildman–Crippen LogP) is 5.73. The Kier molecular flexibility index (Phi) is 9.41. The number of piperidine rings is 1. The van der Waals surface area contributed by atoms with Gasteiger partial charge in [0.15, 0.2) is 5.78 Å². The van der Waals surface area contributed by atoms with E-state index in [1.807, 2.05) is 31.5 Å². The van der Waals surface area contributed by atoms with Crippen molar-refractivity contribution < 1.29 is 31.9 Å². The fourth-order valence-electron chi connectivity index (χ4n) is 7.23. The first kappa shape index (κ1) is 34.0. The quantitative estimate of drug-likeness (QED) is 0.297. The highest BCUT2D eigenvalue weighted by Gasteiger charge is 2.42. The van der Waals surface area contributed by atoms with Gasteiger partial charge in [0.05, 0.1) is 17.3 Å². The van der Waals surface area contributed by atoms with Crippen molar-refractivity contribution in [1.29, 1.82) is 0 Å². The van der Waals surface area contributed by atoms with Crippen LogP contribution < -0.4 is 4.31 Å². The minimum Gasteiger partial charge on any atom is -0.392 e. The van der Waals surface area contributed by atoms with Crippen LogP contribution >= 0.6 is 0 Å². The number of likely N-dealkylation sites (tertiary alicyclic amines) is 1. The summed E-state index contributed by atoms with van der Waals surface area (Å²) in [5, 5.41) is 12.6. The van der Waals surface area contributed by atoms with E-state index >= 15 is 0 Å². The van der Waals surface area contributed by atoms with Gasteiger partial charge in [-0.2, -0.15) is 0 Å². The number of aromatic nitrogens is 1. The molecule has 1 fully saturated rings. The van der Waals surface area contributed by atoms with Crippen LogP contribution in [0.2, 0.25) is 0 Å². The van der Waals surface area contributed by atoms with E-state index in [0.717, 1.165) is 22.5 Å². The van der Waals surface area contributed by atoms with E-state index in [4.69, 9.17) is 0 Å². The number of halogens is 2. The zero-order valence-corrected chi connectivity index (χ0v) is 28.3. The molecule has 11 heteroatoms. The lowest BCUT2D eigenvalue weighted by atomic mass is 9.79. The summed E-state index contributed by atoms with van der Waals surface area (Å²) in [7, 11) is -2.28. The van der Waals surface area contributed by atoms with Crippen LogP contribution in [0.1, 0.15) is 75.4 Å². The molecular weight excluding hydrogens is 612 g/mol. The number of ketones is 1. The number of nitrogens with zero attached hydrogens (tertiary/aromatic N) is 3. The molecule has 3 atom stereocenters. The molecule has 3 heterocycles. The summed E-state index contributed by atoms with van der Waals surface area (Å²) in [6.45, 7) is 10.2. The lowest BCUT2D eigenvalue weighted by Crippen LogP contribution is -2.47. The SMILES string of the molecule is CCc1cn2c3c(cc(C(=O)C[C@@H](Cc4cc(F)cc(F)c4)[C@H](O)[C@@H]4CCCN(C(=O)C(C)C)C4)cc13)N(C)S(=O)(=O)C(C)(C)C2. The fraction of sp³-hybridized carbons (Fsp3) is 0.543. The van der Waals surface area contributed by atoms with Gasteiger partial charge in [-0.1, -0.05) is 20.8 Å². The third-order valence-corrected chi connectivity index (χ3v) is 12.2. The molecule has 2 aromatic carbocycles. The topological polar surface area (TPSA) is 99.9 Å². The van der Waals surface area contributed by atoms with Crippen molar-refractivity contribution in [2.75, 3.05) is 24.4 Å². The highest BCUT2D eigenvalue weighted by atomic mass is 32.2. The number of Topliss-reactive ketones (excluding diaryl/α,β-unsaturated/α-hetero) is 1. The van der Waals surface area contributed by atoms with Gasteiger partial charge < -0.3 is 14.6 Å². The van der Waals surface area contributed by atoms with Crippen molar-refractivity contribution in [1.82, 2.24) is 9.47 Å². The largest absolute Gasteiger partial charge is 0.392 e. The Morgan fingerprint density at radius 1 is 1.09 bits per heavy atom. The Morgan fingerprint density at radius 2 is 1.76 bits per heavy atom. The molecular formula is C35H45F2N3O5S. The van der Waals surface area contributed by atoms with Crippen LogP contribution in [-0.4, -0.2) is 65.7 Å². The second-order valence-corrected chi connectivity index (χ2v) is 16.6. The molecule has 5 rings (SSSR count). The van der Waals surface area contributed by atoms with E-state index in [9.17, 15) is 31.9 Å². The van der Waals surface area contributed by atoms with Crippen molar-refractivity contribution in [3.05, 3.63) is 64.9 Å². The average Bonchev–Trinajstić information content (AvgIpc) is 3.32. The number of amides is 1. The van der Waals surface area contributed by atoms with Gasteiger partial charge in [-0.15, -0.1) is 0 Å². The summed E-state index contributed by atoms with van der Waals surface area (Å²) in [5.74, 6) is -3.03. The monoisotopic (exact) mass is 657 g/mol. The van der Waals surface area contributed by atoms with Crippen molar-refractivity contribution in [2.45, 2.75) is 84.1 Å². The Labute approximate surface area is 270 Å². The minimum atomic E-state index is -3.78. The Bertz CT molecular complexity index is 1750. The Balaban J connectivity index is 1.53. The fourth-order valence-corrected chi connectivity index (χ4v) is 8.67. The number of rotatable bonds is 9. The number of aliphatic hydroxyl groups excluding tert-OH is 1. The Morgan fingerprint density at radius 3 is 2.39 bits per heavy atom. The predicted molar refractivity (Wildman–Crippen MR) is 175 cm³/mol. The van der Waals surface area contributed by atoms with Crippen LogP contribution in [0.5, 0.6) is 0 Å². The summed E-state index contributed by atoms with van der Waals surface area (Å²) in [6.07, 6.45) is 2.86. The van der Waals surface area contributed by atoms with E-state index in [1.54, 1.807) is 30.9 Å². The second kappa shape index (κ2) is 12.7. The van der Waals surface area contributed by atoms with Gasteiger partial charge in [-0.25, -0.2) is 17.2 Å². The van der Waals surface area contributed by atoms with Gasteiger partial charge in [-0.05, 0) is 80.8 Å². The second-order valence-electron chi connectivity index (χ2n) is 14.0. The van der Waals surface area contributed by atoms with Crippen LogP contribution in [0.25, 0.3) is 10.9 Å². The number of aryl methyl sites for hydroxylation is 1. The van der Waals surface area contributed by atoms with Gasteiger partial charge in [0, 0.05) is 68.2 Å². The number of benzene rings is 2. The average molecular weight is 658 g/mol. The molecule has 0 aliphatic carbocycles. The molecule has 2 aliphatic heterocycles. The van der Waals surface area contributed by atoms with E-state index < -0.39 is 38.4 Å². The number of aliphatic hydroxyl groups is 1. The first-order chi connectivity index (χ1) is 21.5. The van der Waals surface area contributed by atoms with Crippen molar-refractivity contribution in [3.8, 4) is 0 Å². The lowest BCUT2D eigenvalue weighted by Gasteiger charge is -2.38. The molecule has 0 saturated carbocycles. The maximum absolute atomic E-state index is 14.2. The molecule has 1 saturated heterocycles. The number of hydrogen-bond donors (Lipinski definition) is 1. The van der Waals surface area contributed by atoms with Crippen LogP contribution in [0.3, 0.4) is 0 Å². The highest BCUT2D eigenvalue weighted by molar-refractivity contribution is 7.94.